The van der Waals surface area contributed by atoms with Gasteiger partial charge < -0.3 is 24.4 Å². The van der Waals surface area contributed by atoms with Crippen LogP contribution in [-0.4, -0.2) is 53.0 Å². The van der Waals surface area contributed by atoms with Crippen molar-refractivity contribution in [3.05, 3.63) is 24.8 Å². The van der Waals surface area contributed by atoms with E-state index in [4.69, 9.17) is 14.2 Å². The summed E-state index contributed by atoms with van der Waals surface area (Å²) in [6.45, 7) is 18.9. The van der Waals surface area contributed by atoms with Crippen molar-refractivity contribution in [3.8, 4) is 0 Å². The molecule has 0 amide bonds. The lowest BCUT2D eigenvalue weighted by molar-refractivity contribution is -0.295. The van der Waals surface area contributed by atoms with Crippen LogP contribution in [-0.2, 0) is 19.0 Å². The third-order valence-electron chi connectivity index (χ3n) is 8.82. The average molecular weight is 465 g/mol. The molecular formula is C27H44O6. The second kappa shape index (κ2) is 9.80. The molecule has 3 rings (SSSR count). The second-order valence-corrected chi connectivity index (χ2v) is 11.7. The van der Waals surface area contributed by atoms with Crippen molar-refractivity contribution in [3.63, 3.8) is 0 Å². The molecule has 3 aliphatic rings. The topological polar surface area (TPSA) is 85.2 Å². The Bertz CT molecular complexity index is 747. The summed E-state index contributed by atoms with van der Waals surface area (Å²) >= 11 is 0. The van der Waals surface area contributed by atoms with Crippen LogP contribution in [0.15, 0.2) is 24.8 Å². The van der Waals surface area contributed by atoms with E-state index in [1.54, 1.807) is 6.08 Å². The Kier molecular flexibility index (Phi) is 7.84. The number of aliphatic hydroxyl groups excluding tert-OH is 2. The molecule has 8 atom stereocenters. The molecule has 0 aromatic heterocycles. The molecule has 0 radical (unpaired) electrons. The number of hydrogen-bond donors (Lipinski definition) is 2. The zero-order chi connectivity index (χ0) is 24.6. The fraction of sp³-hybridized carbons (Fsp3) is 0.815. The molecule has 1 aliphatic heterocycles. The van der Waals surface area contributed by atoms with Crippen molar-refractivity contribution in [2.45, 2.75) is 110 Å². The minimum atomic E-state index is -1.33. The van der Waals surface area contributed by atoms with Gasteiger partial charge in [-0.15, -0.1) is 6.58 Å². The largest absolute Gasteiger partial charge is 0.457 e. The zero-order valence-corrected chi connectivity index (χ0v) is 21.1. The van der Waals surface area contributed by atoms with E-state index in [-0.39, 0.29) is 12.0 Å². The summed E-state index contributed by atoms with van der Waals surface area (Å²) in [5.74, 6) is 0.562. The monoisotopic (exact) mass is 464 g/mol. The van der Waals surface area contributed by atoms with Crippen LogP contribution in [0.3, 0.4) is 0 Å². The molecule has 0 aromatic rings. The highest BCUT2D eigenvalue weighted by Crippen LogP contribution is 2.62. The standard InChI is InChI=1S/C27H44O6/c1-8-26(6,33-24-23(30)22(29)20(16-31-24)32-18(3)28)15-12-19-17(2)10-11-21-25(4,5)13-9-14-27(19,21)7/h8,19-24,29-30H,1-2,9-16H2,3-7H3/t19-,20-,21-,22+,23-,24+,26-,27+/m1/s1. The molecule has 3 fully saturated rings. The molecule has 1 saturated heterocycles. The lowest BCUT2D eigenvalue weighted by atomic mass is 9.47. The maximum absolute atomic E-state index is 11.2. The Balaban J connectivity index is 1.68. The number of fused-ring (bicyclic) bond motifs is 1. The van der Waals surface area contributed by atoms with E-state index in [0.717, 1.165) is 12.8 Å². The summed E-state index contributed by atoms with van der Waals surface area (Å²) in [4.78, 5) is 11.2. The second-order valence-electron chi connectivity index (χ2n) is 11.7. The molecule has 0 aromatic carbocycles. The third kappa shape index (κ3) is 5.39. The normalized spacial score (nSPS) is 40.4. The van der Waals surface area contributed by atoms with Crippen molar-refractivity contribution in [2.75, 3.05) is 6.61 Å². The molecule has 1 heterocycles. The Morgan fingerprint density at radius 1 is 1.27 bits per heavy atom. The first-order valence-electron chi connectivity index (χ1n) is 12.5. The highest BCUT2D eigenvalue weighted by atomic mass is 16.7. The molecule has 0 spiro atoms. The van der Waals surface area contributed by atoms with Gasteiger partial charge in [-0.05, 0) is 68.1 Å². The van der Waals surface area contributed by atoms with Crippen LogP contribution < -0.4 is 0 Å². The van der Waals surface area contributed by atoms with E-state index < -0.39 is 36.2 Å². The number of esters is 1. The average Bonchev–Trinajstić information content (AvgIpc) is 2.72. The van der Waals surface area contributed by atoms with Crippen LogP contribution in [0.2, 0.25) is 0 Å². The van der Waals surface area contributed by atoms with Crippen LogP contribution in [0, 0.1) is 22.7 Å². The number of aliphatic hydroxyl groups is 2. The maximum Gasteiger partial charge on any atom is 0.303 e. The lowest BCUT2D eigenvalue weighted by Gasteiger charge is -2.58. The van der Waals surface area contributed by atoms with Crippen molar-refractivity contribution < 1.29 is 29.2 Å². The van der Waals surface area contributed by atoms with Gasteiger partial charge in [0.05, 0.1) is 12.2 Å². The fourth-order valence-electron chi connectivity index (χ4n) is 6.90. The molecule has 188 valence electrons. The Morgan fingerprint density at radius 2 is 1.97 bits per heavy atom. The van der Waals surface area contributed by atoms with Gasteiger partial charge in [0, 0.05) is 6.92 Å². The van der Waals surface area contributed by atoms with Crippen molar-refractivity contribution >= 4 is 5.97 Å². The number of hydrogen-bond acceptors (Lipinski definition) is 6. The van der Waals surface area contributed by atoms with Gasteiger partial charge >= 0.3 is 5.97 Å². The van der Waals surface area contributed by atoms with E-state index in [1.807, 2.05) is 6.92 Å². The van der Waals surface area contributed by atoms with E-state index in [2.05, 4.69) is 33.9 Å². The Labute approximate surface area is 199 Å². The molecular weight excluding hydrogens is 420 g/mol. The molecule has 0 bridgehead atoms. The van der Waals surface area contributed by atoms with Crippen LogP contribution in [0.4, 0.5) is 0 Å². The predicted octanol–water partition coefficient (Wildman–Crippen LogP) is 4.54. The molecule has 6 nitrogen and oxygen atoms in total. The quantitative estimate of drug-likeness (QED) is 0.425. The van der Waals surface area contributed by atoms with Gasteiger partial charge in [-0.25, -0.2) is 0 Å². The Hall–Kier alpha value is -1.21. The van der Waals surface area contributed by atoms with Gasteiger partial charge in [-0.1, -0.05) is 45.4 Å². The first-order chi connectivity index (χ1) is 15.3. The van der Waals surface area contributed by atoms with Crippen molar-refractivity contribution in [1.29, 1.82) is 0 Å². The smallest absolute Gasteiger partial charge is 0.303 e. The van der Waals surface area contributed by atoms with Gasteiger partial charge in [0.2, 0.25) is 0 Å². The maximum atomic E-state index is 11.2. The number of ether oxygens (including phenoxy) is 3. The van der Waals surface area contributed by atoms with E-state index >= 15 is 0 Å². The summed E-state index contributed by atoms with van der Waals surface area (Å²) in [5, 5.41) is 20.9. The highest BCUT2D eigenvalue weighted by molar-refractivity contribution is 5.66. The number of carbonyl (C=O) groups is 1. The van der Waals surface area contributed by atoms with Gasteiger partial charge in [-0.2, -0.15) is 0 Å². The minimum absolute atomic E-state index is 0.0377. The Morgan fingerprint density at radius 3 is 2.61 bits per heavy atom. The zero-order valence-electron chi connectivity index (χ0n) is 21.1. The van der Waals surface area contributed by atoms with Crippen LogP contribution in [0.25, 0.3) is 0 Å². The third-order valence-corrected chi connectivity index (χ3v) is 8.82. The predicted molar refractivity (Wildman–Crippen MR) is 127 cm³/mol. The van der Waals surface area contributed by atoms with Gasteiger partial charge in [0.25, 0.3) is 0 Å². The van der Waals surface area contributed by atoms with Gasteiger partial charge in [0.1, 0.15) is 12.2 Å². The SMILES string of the molecule is C=C[C@](C)(CC[C@@H]1C(=C)CC[C@@H]2C(C)(C)CCC[C@@]12C)O[C@@H]1OC[C@@H](OC(C)=O)[C@H](O)[C@H]1O. The number of carbonyl (C=O) groups excluding carboxylic acids is 1. The first kappa shape index (κ1) is 26.4. The molecule has 6 heteroatoms. The molecule has 0 unspecified atom stereocenters. The summed E-state index contributed by atoms with van der Waals surface area (Å²) in [6, 6.07) is 0. The minimum Gasteiger partial charge on any atom is -0.457 e. The fourth-order valence-corrected chi connectivity index (χ4v) is 6.90. The van der Waals surface area contributed by atoms with Crippen molar-refractivity contribution in [2.24, 2.45) is 22.7 Å². The summed E-state index contributed by atoms with van der Waals surface area (Å²) < 4.78 is 16.9. The van der Waals surface area contributed by atoms with Gasteiger partial charge in [-0.3, -0.25) is 4.79 Å². The summed E-state index contributed by atoms with van der Waals surface area (Å²) in [7, 11) is 0. The van der Waals surface area contributed by atoms with E-state index in [9.17, 15) is 15.0 Å². The van der Waals surface area contributed by atoms with Crippen LogP contribution >= 0.6 is 0 Å². The molecule has 2 N–H and O–H groups in total. The summed E-state index contributed by atoms with van der Waals surface area (Å²) in [6.07, 6.45) is 4.91. The van der Waals surface area contributed by atoms with E-state index in [0.29, 0.717) is 23.7 Å². The highest BCUT2D eigenvalue weighted by Gasteiger charge is 2.53. The van der Waals surface area contributed by atoms with Crippen LogP contribution in [0.1, 0.15) is 79.6 Å². The van der Waals surface area contributed by atoms with E-state index in [1.165, 1.54) is 38.2 Å². The molecule has 2 aliphatic carbocycles. The lowest BCUT2D eigenvalue weighted by Crippen LogP contribution is -2.56. The molecule has 33 heavy (non-hydrogen) atoms. The number of allylic oxidation sites excluding steroid dienone is 1. The van der Waals surface area contributed by atoms with Crippen LogP contribution in [0.5, 0.6) is 0 Å². The van der Waals surface area contributed by atoms with Gasteiger partial charge in [0.15, 0.2) is 12.4 Å². The number of rotatable bonds is 7. The summed E-state index contributed by atoms with van der Waals surface area (Å²) in [5.41, 5.74) is 1.17. The van der Waals surface area contributed by atoms with Crippen molar-refractivity contribution in [1.82, 2.24) is 0 Å². The molecule has 2 saturated carbocycles. The first-order valence-corrected chi connectivity index (χ1v) is 12.5.